The lowest BCUT2D eigenvalue weighted by atomic mass is 10.2. The Labute approximate surface area is 166 Å². The number of benzene rings is 2. The zero-order valence-electron chi connectivity index (χ0n) is 16.2. The Morgan fingerprint density at radius 1 is 1.04 bits per heavy atom. The van der Waals surface area contributed by atoms with Gasteiger partial charge in [0.05, 0.1) is 11.4 Å². The number of piperazine rings is 1. The number of anilines is 2. The van der Waals surface area contributed by atoms with Crippen molar-refractivity contribution in [1.82, 2.24) is 9.62 Å². The average Bonchev–Trinajstić information content (AvgIpc) is 2.70. The molecule has 0 spiro atoms. The summed E-state index contributed by atoms with van der Waals surface area (Å²) in [6.07, 6.45) is 0. The molecule has 2 aromatic carbocycles. The fourth-order valence-electron chi connectivity index (χ4n) is 3.28. The van der Waals surface area contributed by atoms with Gasteiger partial charge in [0.1, 0.15) is 0 Å². The summed E-state index contributed by atoms with van der Waals surface area (Å²) < 4.78 is 26.5. The standard InChI is InChI=1S/C20H26N4O3S/c1-16-8-9-17(14-19(16)28(26,27)21-2)22-20(25)15-23-10-12-24(13-11-23)18-6-4-3-5-7-18/h3-9,14,21H,10-13,15H2,1-2H3,(H,22,25). The summed E-state index contributed by atoms with van der Waals surface area (Å²) in [5, 5.41) is 2.81. The minimum atomic E-state index is -3.56. The van der Waals surface area contributed by atoms with Crippen molar-refractivity contribution >= 4 is 27.3 Å². The van der Waals surface area contributed by atoms with Crippen LogP contribution in [0.1, 0.15) is 5.56 Å². The Morgan fingerprint density at radius 3 is 2.36 bits per heavy atom. The fraction of sp³-hybridized carbons (Fsp3) is 0.350. The van der Waals surface area contributed by atoms with Gasteiger partial charge in [0.15, 0.2) is 0 Å². The van der Waals surface area contributed by atoms with Gasteiger partial charge in [-0.1, -0.05) is 24.3 Å². The number of nitrogens with one attached hydrogen (secondary N) is 2. The number of para-hydroxylation sites is 1. The van der Waals surface area contributed by atoms with E-state index >= 15 is 0 Å². The number of carbonyl (C=O) groups excluding carboxylic acids is 1. The van der Waals surface area contributed by atoms with Crippen molar-refractivity contribution in [3.8, 4) is 0 Å². The summed E-state index contributed by atoms with van der Waals surface area (Å²) in [6, 6.07) is 15.1. The quantitative estimate of drug-likeness (QED) is 0.768. The van der Waals surface area contributed by atoms with Crippen LogP contribution in [-0.4, -0.2) is 59.0 Å². The summed E-state index contributed by atoms with van der Waals surface area (Å²) in [4.78, 5) is 17.0. The van der Waals surface area contributed by atoms with Gasteiger partial charge in [-0.05, 0) is 43.8 Å². The predicted molar refractivity (Wildman–Crippen MR) is 111 cm³/mol. The highest BCUT2D eigenvalue weighted by atomic mass is 32.2. The van der Waals surface area contributed by atoms with Crippen molar-refractivity contribution in [3.63, 3.8) is 0 Å². The maximum absolute atomic E-state index is 12.4. The summed E-state index contributed by atoms with van der Waals surface area (Å²) >= 11 is 0. The monoisotopic (exact) mass is 402 g/mol. The van der Waals surface area contributed by atoms with Gasteiger partial charge in [0, 0.05) is 37.6 Å². The van der Waals surface area contributed by atoms with Crippen LogP contribution in [-0.2, 0) is 14.8 Å². The highest BCUT2D eigenvalue weighted by Crippen LogP contribution is 2.20. The topological polar surface area (TPSA) is 81.8 Å². The second-order valence-corrected chi connectivity index (χ2v) is 8.69. The van der Waals surface area contributed by atoms with E-state index in [2.05, 4.69) is 32.0 Å². The van der Waals surface area contributed by atoms with Gasteiger partial charge in [-0.25, -0.2) is 13.1 Å². The first-order valence-electron chi connectivity index (χ1n) is 9.25. The molecule has 1 aliphatic rings. The van der Waals surface area contributed by atoms with E-state index in [9.17, 15) is 13.2 Å². The molecule has 2 aromatic rings. The largest absolute Gasteiger partial charge is 0.369 e. The molecular formula is C20H26N4O3S. The molecule has 0 radical (unpaired) electrons. The molecule has 0 atom stereocenters. The van der Waals surface area contributed by atoms with Crippen LogP contribution in [0.4, 0.5) is 11.4 Å². The first kappa shape index (κ1) is 20.3. The molecule has 2 N–H and O–H groups in total. The van der Waals surface area contributed by atoms with Gasteiger partial charge in [-0.3, -0.25) is 9.69 Å². The zero-order valence-corrected chi connectivity index (χ0v) is 17.0. The van der Waals surface area contributed by atoms with Crippen LogP contribution >= 0.6 is 0 Å². The third kappa shape index (κ3) is 4.89. The van der Waals surface area contributed by atoms with E-state index in [0.29, 0.717) is 11.3 Å². The molecule has 0 saturated carbocycles. The number of sulfonamides is 1. The molecule has 3 rings (SSSR count). The van der Waals surface area contributed by atoms with Crippen molar-refractivity contribution in [2.45, 2.75) is 11.8 Å². The summed E-state index contributed by atoms with van der Waals surface area (Å²) in [7, 11) is -2.19. The number of rotatable bonds is 6. The lowest BCUT2D eigenvalue weighted by Crippen LogP contribution is -2.48. The van der Waals surface area contributed by atoms with Gasteiger partial charge in [0.2, 0.25) is 15.9 Å². The van der Waals surface area contributed by atoms with E-state index in [4.69, 9.17) is 0 Å². The first-order chi connectivity index (χ1) is 13.4. The smallest absolute Gasteiger partial charge is 0.240 e. The molecule has 0 aromatic heterocycles. The highest BCUT2D eigenvalue weighted by molar-refractivity contribution is 7.89. The van der Waals surface area contributed by atoms with Gasteiger partial charge in [-0.2, -0.15) is 0 Å². The van der Waals surface area contributed by atoms with Crippen LogP contribution in [0.5, 0.6) is 0 Å². The molecule has 1 fully saturated rings. The Balaban J connectivity index is 1.56. The van der Waals surface area contributed by atoms with Crippen molar-refractivity contribution in [1.29, 1.82) is 0 Å². The minimum absolute atomic E-state index is 0.148. The Bertz CT molecular complexity index is 924. The Morgan fingerprint density at radius 2 is 1.71 bits per heavy atom. The molecule has 0 aliphatic carbocycles. The molecule has 0 unspecified atom stereocenters. The molecule has 1 aliphatic heterocycles. The van der Waals surface area contributed by atoms with Crippen LogP contribution in [0.3, 0.4) is 0 Å². The van der Waals surface area contributed by atoms with Crippen molar-refractivity contribution in [3.05, 3.63) is 54.1 Å². The lowest BCUT2D eigenvalue weighted by Gasteiger charge is -2.35. The first-order valence-corrected chi connectivity index (χ1v) is 10.7. The van der Waals surface area contributed by atoms with Crippen molar-refractivity contribution < 1.29 is 13.2 Å². The van der Waals surface area contributed by atoms with E-state index in [-0.39, 0.29) is 17.3 Å². The van der Waals surface area contributed by atoms with Crippen LogP contribution in [0.2, 0.25) is 0 Å². The van der Waals surface area contributed by atoms with Crippen LogP contribution in [0.25, 0.3) is 0 Å². The van der Waals surface area contributed by atoms with Crippen LogP contribution in [0, 0.1) is 6.92 Å². The number of amides is 1. The zero-order chi connectivity index (χ0) is 20.1. The van der Waals surface area contributed by atoms with Gasteiger partial charge in [0.25, 0.3) is 0 Å². The van der Waals surface area contributed by atoms with E-state index < -0.39 is 10.0 Å². The SMILES string of the molecule is CNS(=O)(=O)c1cc(NC(=O)CN2CCN(c3ccccc3)CC2)ccc1C. The number of aryl methyl sites for hydroxylation is 1. The highest BCUT2D eigenvalue weighted by Gasteiger charge is 2.20. The van der Waals surface area contributed by atoms with Gasteiger partial charge in [-0.15, -0.1) is 0 Å². The number of nitrogens with zero attached hydrogens (tertiary/aromatic N) is 2. The third-order valence-electron chi connectivity index (χ3n) is 4.89. The second kappa shape index (κ2) is 8.72. The average molecular weight is 403 g/mol. The maximum atomic E-state index is 12.4. The molecular weight excluding hydrogens is 376 g/mol. The predicted octanol–water partition coefficient (Wildman–Crippen LogP) is 1.66. The number of hydrogen-bond acceptors (Lipinski definition) is 5. The van der Waals surface area contributed by atoms with Crippen molar-refractivity contribution in [2.75, 3.05) is 50.0 Å². The summed E-state index contributed by atoms with van der Waals surface area (Å²) in [5.74, 6) is -0.148. The maximum Gasteiger partial charge on any atom is 0.240 e. The van der Waals surface area contributed by atoms with Gasteiger partial charge >= 0.3 is 0 Å². The lowest BCUT2D eigenvalue weighted by molar-refractivity contribution is -0.117. The number of hydrogen-bond donors (Lipinski definition) is 2. The number of carbonyl (C=O) groups is 1. The second-order valence-electron chi connectivity index (χ2n) is 6.83. The third-order valence-corrected chi connectivity index (χ3v) is 6.45. The summed E-state index contributed by atoms with van der Waals surface area (Å²) in [5.41, 5.74) is 2.31. The molecule has 28 heavy (non-hydrogen) atoms. The summed E-state index contributed by atoms with van der Waals surface area (Å²) in [6.45, 7) is 5.34. The molecule has 7 nitrogen and oxygen atoms in total. The molecule has 1 amide bonds. The normalized spacial score (nSPS) is 15.4. The fourth-order valence-corrected chi connectivity index (χ4v) is 4.28. The Hall–Kier alpha value is -2.42. The van der Waals surface area contributed by atoms with E-state index in [1.54, 1.807) is 19.1 Å². The minimum Gasteiger partial charge on any atom is -0.369 e. The van der Waals surface area contributed by atoms with E-state index in [1.807, 2.05) is 18.2 Å². The van der Waals surface area contributed by atoms with Crippen LogP contribution in [0.15, 0.2) is 53.4 Å². The van der Waals surface area contributed by atoms with E-state index in [0.717, 1.165) is 26.2 Å². The van der Waals surface area contributed by atoms with Crippen LogP contribution < -0.4 is 14.9 Å². The van der Waals surface area contributed by atoms with Gasteiger partial charge < -0.3 is 10.2 Å². The molecule has 1 heterocycles. The van der Waals surface area contributed by atoms with Crippen molar-refractivity contribution in [2.24, 2.45) is 0 Å². The molecule has 0 bridgehead atoms. The Kier molecular flexibility index (Phi) is 6.33. The van der Waals surface area contributed by atoms with E-state index in [1.165, 1.54) is 18.8 Å². The molecule has 1 saturated heterocycles. The molecule has 150 valence electrons. The molecule has 8 heteroatoms.